The Morgan fingerprint density at radius 3 is 2.73 bits per heavy atom. The van der Waals surface area contributed by atoms with E-state index in [1.54, 1.807) is 49.5 Å². The SMILES string of the molecule is C=CCN(Cc1ccc(OC)cc1)C(=O)c1cc(-c2ccco2)nc2onc(C)c12. The number of aromatic nitrogens is 2. The van der Waals surface area contributed by atoms with Gasteiger partial charge in [0.1, 0.15) is 11.4 Å². The highest BCUT2D eigenvalue weighted by Crippen LogP contribution is 2.28. The number of fused-ring (bicyclic) bond motifs is 1. The van der Waals surface area contributed by atoms with Gasteiger partial charge in [0.05, 0.1) is 30.0 Å². The van der Waals surface area contributed by atoms with E-state index in [9.17, 15) is 4.79 Å². The molecule has 0 radical (unpaired) electrons. The highest BCUT2D eigenvalue weighted by molar-refractivity contribution is 6.06. The van der Waals surface area contributed by atoms with Gasteiger partial charge in [0, 0.05) is 13.1 Å². The lowest BCUT2D eigenvalue weighted by Crippen LogP contribution is -2.31. The summed E-state index contributed by atoms with van der Waals surface area (Å²) in [5.41, 5.74) is 2.85. The van der Waals surface area contributed by atoms with Crippen molar-refractivity contribution in [3.8, 4) is 17.2 Å². The van der Waals surface area contributed by atoms with Gasteiger partial charge in [-0.3, -0.25) is 4.79 Å². The molecular formula is C23H21N3O4. The molecule has 3 heterocycles. The molecule has 4 rings (SSSR count). The van der Waals surface area contributed by atoms with Crippen LogP contribution in [-0.4, -0.2) is 34.6 Å². The van der Waals surface area contributed by atoms with Crippen molar-refractivity contribution in [3.63, 3.8) is 0 Å². The van der Waals surface area contributed by atoms with Crippen LogP contribution in [0.25, 0.3) is 22.6 Å². The Morgan fingerprint density at radius 1 is 1.27 bits per heavy atom. The second-order valence-corrected chi connectivity index (χ2v) is 6.80. The molecule has 0 saturated heterocycles. The third kappa shape index (κ3) is 3.69. The maximum absolute atomic E-state index is 13.6. The van der Waals surface area contributed by atoms with E-state index in [-0.39, 0.29) is 5.91 Å². The zero-order valence-corrected chi connectivity index (χ0v) is 16.8. The summed E-state index contributed by atoms with van der Waals surface area (Å²) in [4.78, 5) is 19.7. The van der Waals surface area contributed by atoms with E-state index in [1.807, 2.05) is 24.3 Å². The van der Waals surface area contributed by atoms with Crippen LogP contribution in [0, 0.1) is 6.92 Å². The third-order valence-electron chi connectivity index (χ3n) is 4.79. The van der Waals surface area contributed by atoms with Crippen molar-refractivity contribution in [1.29, 1.82) is 0 Å². The summed E-state index contributed by atoms with van der Waals surface area (Å²) in [5.74, 6) is 1.14. The van der Waals surface area contributed by atoms with E-state index in [2.05, 4.69) is 16.7 Å². The maximum atomic E-state index is 13.6. The second kappa shape index (κ2) is 8.24. The molecule has 0 aliphatic carbocycles. The Labute approximate surface area is 173 Å². The van der Waals surface area contributed by atoms with Crippen LogP contribution in [0.3, 0.4) is 0 Å². The number of ether oxygens (including phenoxy) is 1. The molecule has 1 aromatic carbocycles. The number of hydrogen-bond acceptors (Lipinski definition) is 6. The molecule has 0 aliphatic rings. The predicted molar refractivity (Wildman–Crippen MR) is 112 cm³/mol. The van der Waals surface area contributed by atoms with Crippen molar-refractivity contribution in [2.24, 2.45) is 0 Å². The average molecular weight is 403 g/mol. The zero-order chi connectivity index (χ0) is 21.1. The lowest BCUT2D eigenvalue weighted by Gasteiger charge is -2.22. The number of furan rings is 1. The summed E-state index contributed by atoms with van der Waals surface area (Å²) in [6, 6.07) is 12.9. The monoisotopic (exact) mass is 403 g/mol. The van der Waals surface area contributed by atoms with Crippen LogP contribution in [0.4, 0.5) is 0 Å². The van der Waals surface area contributed by atoms with E-state index in [0.717, 1.165) is 11.3 Å². The van der Waals surface area contributed by atoms with Crippen LogP contribution in [0.5, 0.6) is 5.75 Å². The number of pyridine rings is 1. The summed E-state index contributed by atoms with van der Waals surface area (Å²) in [7, 11) is 1.62. The first kappa shape index (κ1) is 19.4. The third-order valence-corrected chi connectivity index (χ3v) is 4.79. The number of amides is 1. The topological polar surface area (TPSA) is 81.6 Å². The molecule has 0 N–H and O–H groups in total. The number of nitrogens with zero attached hydrogens (tertiary/aromatic N) is 3. The van der Waals surface area contributed by atoms with E-state index < -0.39 is 0 Å². The fourth-order valence-corrected chi connectivity index (χ4v) is 3.31. The molecule has 7 nitrogen and oxygen atoms in total. The molecule has 4 aromatic rings. The van der Waals surface area contributed by atoms with Gasteiger partial charge in [0.2, 0.25) is 0 Å². The average Bonchev–Trinajstić information content (AvgIpc) is 3.43. The number of rotatable bonds is 7. The fraction of sp³-hybridized carbons (Fsp3) is 0.174. The van der Waals surface area contributed by atoms with Gasteiger partial charge in [-0.25, -0.2) is 4.98 Å². The van der Waals surface area contributed by atoms with E-state index in [0.29, 0.717) is 46.9 Å². The van der Waals surface area contributed by atoms with Crippen LogP contribution < -0.4 is 4.74 Å². The molecule has 152 valence electrons. The van der Waals surface area contributed by atoms with Crippen molar-refractivity contribution in [3.05, 3.63) is 78.2 Å². The Morgan fingerprint density at radius 2 is 2.07 bits per heavy atom. The number of methoxy groups -OCH3 is 1. The smallest absolute Gasteiger partial charge is 0.259 e. The molecule has 0 saturated carbocycles. The largest absolute Gasteiger partial charge is 0.497 e. The van der Waals surface area contributed by atoms with Gasteiger partial charge in [0.25, 0.3) is 11.6 Å². The Bertz CT molecular complexity index is 1180. The minimum absolute atomic E-state index is 0.169. The highest BCUT2D eigenvalue weighted by atomic mass is 16.5. The maximum Gasteiger partial charge on any atom is 0.259 e. The van der Waals surface area contributed by atoms with Crippen LogP contribution in [0.15, 0.2) is 70.3 Å². The first-order valence-corrected chi connectivity index (χ1v) is 9.44. The second-order valence-electron chi connectivity index (χ2n) is 6.80. The Hall–Kier alpha value is -3.87. The number of hydrogen-bond donors (Lipinski definition) is 0. The minimum atomic E-state index is -0.169. The van der Waals surface area contributed by atoms with E-state index in [1.165, 1.54) is 0 Å². The van der Waals surface area contributed by atoms with Gasteiger partial charge in [0.15, 0.2) is 5.76 Å². The first-order valence-electron chi connectivity index (χ1n) is 9.44. The molecule has 0 aliphatic heterocycles. The quantitative estimate of drug-likeness (QED) is 0.419. The van der Waals surface area contributed by atoms with Crippen LogP contribution in [-0.2, 0) is 6.54 Å². The first-order chi connectivity index (χ1) is 14.6. The van der Waals surface area contributed by atoms with Crippen molar-refractivity contribution in [1.82, 2.24) is 15.0 Å². The Kier molecular flexibility index (Phi) is 5.34. The van der Waals surface area contributed by atoms with Gasteiger partial charge in [-0.05, 0) is 42.8 Å². The van der Waals surface area contributed by atoms with Crippen molar-refractivity contribution >= 4 is 17.0 Å². The zero-order valence-electron chi connectivity index (χ0n) is 16.8. The molecule has 0 unspecified atom stereocenters. The van der Waals surface area contributed by atoms with Crippen LogP contribution in [0.2, 0.25) is 0 Å². The van der Waals surface area contributed by atoms with Crippen LogP contribution >= 0.6 is 0 Å². The van der Waals surface area contributed by atoms with Crippen molar-refractivity contribution in [2.75, 3.05) is 13.7 Å². The summed E-state index contributed by atoms with van der Waals surface area (Å²) in [6.07, 6.45) is 3.26. The molecular weight excluding hydrogens is 382 g/mol. The van der Waals surface area contributed by atoms with E-state index >= 15 is 0 Å². The molecule has 1 amide bonds. The molecule has 3 aromatic heterocycles. The lowest BCUT2D eigenvalue weighted by molar-refractivity contribution is 0.0764. The minimum Gasteiger partial charge on any atom is -0.497 e. The summed E-state index contributed by atoms with van der Waals surface area (Å²) in [6.45, 7) is 6.39. The van der Waals surface area contributed by atoms with Crippen LogP contribution in [0.1, 0.15) is 21.6 Å². The van der Waals surface area contributed by atoms with Gasteiger partial charge < -0.3 is 18.6 Å². The molecule has 0 fully saturated rings. The number of aryl methyl sites for hydroxylation is 1. The normalized spacial score (nSPS) is 10.9. The molecule has 30 heavy (non-hydrogen) atoms. The van der Waals surface area contributed by atoms with Gasteiger partial charge in [-0.1, -0.05) is 23.4 Å². The van der Waals surface area contributed by atoms with Crippen molar-refractivity contribution in [2.45, 2.75) is 13.5 Å². The highest BCUT2D eigenvalue weighted by Gasteiger charge is 2.24. The number of benzene rings is 1. The molecule has 0 atom stereocenters. The lowest BCUT2D eigenvalue weighted by atomic mass is 10.1. The van der Waals surface area contributed by atoms with Gasteiger partial charge >= 0.3 is 0 Å². The molecule has 7 heteroatoms. The fourth-order valence-electron chi connectivity index (χ4n) is 3.31. The van der Waals surface area contributed by atoms with Crippen molar-refractivity contribution < 1.29 is 18.5 Å². The van der Waals surface area contributed by atoms with Gasteiger partial charge in [-0.2, -0.15) is 0 Å². The Balaban J connectivity index is 1.74. The predicted octanol–water partition coefficient (Wildman–Crippen LogP) is 4.63. The van der Waals surface area contributed by atoms with E-state index in [4.69, 9.17) is 13.7 Å². The standard InChI is InChI=1S/C23H21N3O4/c1-4-11-26(14-16-7-9-17(28-3)10-8-16)23(27)18-13-19(20-6-5-12-29-20)24-22-21(18)15(2)25-30-22/h4-10,12-13H,1,11,14H2,2-3H3. The molecule has 0 bridgehead atoms. The summed E-state index contributed by atoms with van der Waals surface area (Å²) < 4.78 is 16.0. The number of carbonyl (C=O) groups is 1. The summed E-state index contributed by atoms with van der Waals surface area (Å²) >= 11 is 0. The number of carbonyl (C=O) groups excluding carboxylic acids is 1. The molecule has 0 spiro atoms. The summed E-state index contributed by atoms with van der Waals surface area (Å²) in [5, 5.41) is 4.59. The van der Waals surface area contributed by atoms with Gasteiger partial charge in [-0.15, -0.1) is 6.58 Å².